The third-order valence-electron chi connectivity index (χ3n) is 3.06. The molecule has 15 heavy (non-hydrogen) atoms. The summed E-state index contributed by atoms with van der Waals surface area (Å²) in [5, 5.41) is 12.3. The van der Waals surface area contributed by atoms with Crippen molar-refractivity contribution in [1.29, 1.82) is 0 Å². The van der Waals surface area contributed by atoms with E-state index >= 15 is 0 Å². The maximum Gasteiger partial charge on any atom is 0.336 e. The zero-order chi connectivity index (χ0) is 10.8. The van der Waals surface area contributed by atoms with Crippen LogP contribution in [0.5, 0.6) is 0 Å². The van der Waals surface area contributed by atoms with Gasteiger partial charge in [-0.1, -0.05) is 12.1 Å². The van der Waals surface area contributed by atoms with E-state index in [9.17, 15) is 4.79 Å². The Hall–Kier alpha value is -1.35. The first kappa shape index (κ1) is 10.2. The molecule has 0 heterocycles. The molecule has 0 amide bonds. The molecule has 1 unspecified atom stereocenters. The molecule has 0 saturated heterocycles. The summed E-state index contributed by atoms with van der Waals surface area (Å²) in [7, 11) is 1.89. The first-order valence-electron chi connectivity index (χ1n) is 5.26. The van der Waals surface area contributed by atoms with Crippen LogP contribution in [0.1, 0.15) is 40.4 Å². The Morgan fingerprint density at radius 3 is 3.00 bits per heavy atom. The number of hydrogen-bond donors (Lipinski definition) is 2. The van der Waals surface area contributed by atoms with Crippen LogP contribution in [0.25, 0.3) is 0 Å². The second-order valence-electron chi connectivity index (χ2n) is 3.92. The molecule has 3 heteroatoms. The Kier molecular flexibility index (Phi) is 2.73. The first-order chi connectivity index (χ1) is 7.24. The van der Waals surface area contributed by atoms with Crippen molar-refractivity contribution in [3.8, 4) is 0 Å². The third kappa shape index (κ3) is 1.75. The minimum Gasteiger partial charge on any atom is -0.478 e. The number of aromatic carboxylic acids is 1. The van der Waals surface area contributed by atoms with E-state index in [-0.39, 0.29) is 6.04 Å². The Labute approximate surface area is 89.1 Å². The van der Waals surface area contributed by atoms with E-state index in [0.29, 0.717) is 5.56 Å². The third-order valence-corrected chi connectivity index (χ3v) is 3.06. The lowest BCUT2D eigenvalue weighted by molar-refractivity contribution is 0.0694. The van der Waals surface area contributed by atoms with Crippen molar-refractivity contribution in [3.05, 3.63) is 34.9 Å². The van der Waals surface area contributed by atoms with Crippen molar-refractivity contribution in [3.63, 3.8) is 0 Å². The topological polar surface area (TPSA) is 49.3 Å². The number of carboxylic acids is 1. The molecule has 1 aromatic rings. The van der Waals surface area contributed by atoms with Gasteiger partial charge in [-0.15, -0.1) is 0 Å². The van der Waals surface area contributed by atoms with Crippen LogP contribution in [-0.2, 0) is 6.42 Å². The Morgan fingerprint density at radius 1 is 1.53 bits per heavy atom. The number of fused-ring (bicyclic) bond motifs is 1. The van der Waals surface area contributed by atoms with Crippen LogP contribution in [0.15, 0.2) is 18.2 Å². The van der Waals surface area contributed by atoms with Gasteiger partial charge in [-0.25, -0.2) is 4.79 Å². The van der Waals surface area contributed by atoms with Crippen LogP contribution in [-0.4, -0.2) is 18.1 Å². The van der Waals surface area contributed by atoms with Crippen molar-refractivity contribution in [1.82, 2.24) is 5.32 Å². The highest BCUT2D eigenvalue weighted by molar-refractivity contribution is 5.90. The molecular weight excluding hydrogens is 190 g/mol. The molecule has 2 rings (SSSR count). The summed E-state index contributed by atoms with van der Waals surface area (Å²) in [6.07, 6.45) is 3.14. The van der Waals surface area contributed by atoms with Crippen LogP contribution in [0, 0.1) is 0 Å². The van der Waals surface area contributed by atoms with Crippen LogP contribution in [0.4, 0.5) is 0 Å². The minimum atomic E-state index is -0.825. The minimum absolute atomic E-state index is 0.195. The van der Waals surface area contributed by atoms with Crippen LogP contribution in [0.2, 0.25) is 0 Å². The highest BCUT2D eigenvalue weighted by atomic mass is 16.4. The molecule has 0 saturated carbocycles. The zero-order valence-corrected chi connectivity index (χ0v) is 8.79. The second kappa shape index (κ2) is 4.03. The summed E-state index contributed by atoms with van der Waals surface area (Å²) in [6, 6.07) is 5.75. The summed E-state index contributed by atoms with van der Waals surface area (Å²) in [6.45, 7) is 0. The van der Waals surface area contributed by atoms with Gasteiger partial charge in [-0.05, 0) is 43.5 Å². The van der Waals surface area contributed by atoms with Gasteiger partial charge in [0.15, 0.2) is 0 Å². The Balaban J connectivity index is 2.54. The first-order valence-corrected chi connectivity index (χ1v) is 5.26. The lowest BCUT2D eigenvalue weighted by Gasteiger charge is -2.26. The summed E-state index contributed by atoms with van der Waals surface area (Å²) in [5.74, 6) is -0.825. The van der Waals surface area contributed by atoms with Gasteiger partial charge in [-0.2, -0.15) is 0 Å². The lowest BCUT2D eigenvalue weighted by atomic mass is 9.84. The van der Waals surface area contributed by atoms with Crippen LogP contribution in [0.3, 0.4) is 0 Å². The van der Waals surface area contributed by atoms with E-state index in [1.54, 1.807) is 6.07 Å². The normalized spacial score (nSPS) is 19.7. The molecule has 1 aromatic carbocycles. The molecule has 0 bridgehead atoms. The smallest absolute Gasteiger partial charge is 0.336 e. The molecule has 0 fully saturated rings. The molecule has 0 aliphatic heterocycles. The summed E-state index contributed by atoms with van der Waals surface area (Å²) < 4.78 is 0. The Bertz CT molecular complexity index is 387. The largest absolute Gasteiger partial charge is 0.478 e. The quantitative estimate of drug-likeness (QED) is 0.776. The fourth-order valence-corrected chi connectivity index (χ4v) is 2.36. The molecular formula is C12H15NO2. The zero-order valence-electron chi connectivity index (χ0n) is 8.79. The van der Waals surface area contributed by atoms with Crippen molar-refractivity contribution >= 4 is 5.97 Å². The number of nitrogens with one attached hydrogen (secondary N) is 1. The molecule has 80 valence electrons. The molecule has 1 atom stereocenters. The summed E-state index contributed by atoms with van der Waals surface area (Å²) in [4.78, 5) is 11.1. The number of aryl methyl sites for hydroxylation is 1. The molecule has 2 N–H and O–H groups in total. The van der Waals surface area contributed by atoms with E-state index in [4.69, 9.17) is 5.11 Å². The molecule has 1 aliphatic rings. The number of benzene rings is 1. The van der Waals surface area contributed by atoms with Gasteiger partial charge in [0.2, 0.25) is 0 Å². The van der Waals surface area contributed by atoms with Gasteiger partial charge in [0, 0.05) is 6.04 Å². The maximum absolute atomic E-state index is 11.1. The Morgan fingerprint density at radius 2 is 2.33 bits per heavy atom. The van der Waals surface area contributed by atoms with Crippen molar-refractivity contribution in [2.45, 2.75) is 25.3 Å². The predicted octanol–water partition coefficient (Wildman–Crippen LogP) is 1.98. The van der Waals surface area contributed by atoms with Crippen LogP contribution < -0.4 is 5.32 Å². The van der Waals surface area contributed by atoms with E-state index in [0.717, 1.165) is 24.8 Å². The molecule has 0 spiro atoms. The maximum atomic E-state index is 11.1. The second-order valence-corrected chi connectivity index (χ2v) is 3.92. The highest BCUT2D eigenvalue weighted by Gasteiger charge is 2.24. The average Bonchev–Trinajstić information content (AvgIpc) is 2.27. The molecule has 0 aromatic heterocycles. The SMILES string of the molecule is CNC1CCCc2cccc(C(=O)O)c21. The predicted molar refractivity (Wildman–Crippen MR) is 58.1 cm³/mol. The molecule has 0 radical (unpaired) electrons. The summed E-state index contributed by atoms with van der Waals surface area (Å²) >= 11 is 0. The van der Waals surface area contributed by atoms with Gasteiger partial charge in [-0.3, -0.25) is 0 Å². The van der Waals surface area contributed by atoms with Gasteiger partial charge in [0.25, 0.3) is 0 Å². The van der Waals surface area contributed by atoms with Crippen LogP contribution >= 0.6 is 0 Å². The lowest BCUT2D eigenvalue weighted by Crippen LogP contribution is -2.24. The number of carbonyl (C=O) groups is 1. The number of carboxylic acid groups (broad SMARTS) is 1. The van der Waals surface area contributed by atoms with E-state index in [1.807, 2.05) is 19.2 Å². The van der Waals surface area contributed by atoms with Gasteiger partial charge < -0.3 is 10.4 Å². The van der Waals surface area contributed by atoms with Crippen molar-refractivity contribution in [2.75, 3.05) is 7.05 Å². The number of hydrogen-bond acceptors (Lipinski definition) is 2. The molecule has 1 aliphatic carbocycles. The van der Waals surface area contributed by atoms with E-state index in [1.165, 1.54) is 5.56 Å². The standard InChI is InChI=1S/C12H15NO2/c1-13-10-7-3-5-8-4-2-6-9(11(8)10)12(14)15/h2,4,6,10,13H,3,5,7H2,1H3,(H,14,15). The monoisotopic (exact) mass is 205 g/mol. The molecule has 3 nitrogen and oxygen atoms in total. The summed E-state index contributed by atoms with van der Waals surface area (Å²) in [5.41, 5.74) is 2.62. The van der Waals surface area contributed by atoms with E-state index in [2.05, 4.69) is 5.32 Å². The van der Waals surface area contributed by atoms with Gasteiger partial charge in [0.1, 0.15) is 0 Å². The fraction of sp³-hybridized carbons (Fsp3) is 0.417. The van der Waals surface area contributed by atoms with Crippen molar-refractivity contribution < 1.29 is 9.90 Å². The van der Waals surface area contributed by atoms with Crippen molar-refractivity contribution in [2.24, 2.45) is 0 Å². The van der Waals surface area contributed by atoms with Gasteiger partial charge in [0.05, 0.1) is 5.56 Å². The van der Waals surface area contributed by atoms with E-state index < -0.39 is 5.97 Å². The number of rotatable bonds is 2. The fourth-order valence-electron chi connectivity index (χ4n) is 2.36. The van der Waals surface area contributed by atoms with Gasteiger partial charge >= 0.3 is 5.97 Å². The average molecular weight is 205 g/mol. The highest BCUT2D eigenvalue weighted by Crippen LogP contribution is 2.32.